The SMILES string of the molecule is O=C(C(F)F)N1CCN(C(=NC2(C(=O)NCCC3CC3)CC2)c2cccnc2)CC1. The second-order valence-electron chi connectivity index (χ2n) is 8.31. The number of nitrogens with zero attached hydrogens (tertiary/aromatic N) is 4. The molecule has 2 saturated carbocycles. The lowest BCUT2D eigenvalue weighted by atomic mass is 10.1. The van der Waals surface area contributed by atoms with Gasteiger partial charge >= 0.3 is 6.43 Å². The van der Waals surface area contributed by atoms with Gasteiger partial charge in [-0.3, -0.25) is 19.6 Å². The van der Waals surface area contributed by atoms with Crippen molar-refractivity contribution in [1.29, 1.82) is 0 Å². The van der Waals surface area contributed by atoms with Crippen LogP contribution in [0.5, 0.6) is 0 Å². The van der Waals surface area contributed by atoms with E-state index in [2.05, 4.69) is 10.3 Å². The van der Waals surface area contributed by atoms with Crippen molar-refractivity contribution in [1.82, 2.24) is 20.1 Å². The van der Waals surface area contributed by atoms with Gasteiger partial charge in [0.25, 0.3) is 5.91 Å². The van der Waals surface area contributed by atoms with E-state index in [9.17, 15) is 18.4 Å². The number of amidine groups is 1. The van der Waals surface area contributed by atoms with E-state index in [4.69, 9.17) is 4.99 Å². The van der Waals surface area contributed by atoms with Crippen molar-refractivity contribution in [2.75, 3.05) is 32.7 Å². The monoisotopic (exact) mass is 419 g/mol. The molecule has 0 radical (unpaired) electrons. The first kappa shape index (κ1) is 20.7. The zero-order valence-electron chi connectivity index (χ0n) is 16.9. The normalized spacial score (nSPS) is 21.0. The van der Waals surface area contributed by atoms with Gasteiger partial charge in [0, 0.05) is 50.7 Å². The Morgan fingerprint density at radius 2 is 1.90 bits per heavy atom. The number of aromatic nitrogens is 1. The summed E-state index contributed by atoms with van der Waals surface area (Å²) < 4.78 is 25.5. The summed E-state index contributed by atoms with van der Waals surface area (Å²) >= 11 is 0. The quantitative estimate of drug-likeness (QED) is 0.539. The molecule has 0 bridgehead atoms. The lowest BCUT2D eigenvalue weighted by molar-refractivity contribution is -0.144. The van der Waals surface area contributed by atoms with Gasteiger partial charge in [-0.05, 0) is 37.3 Å². The number of amides is 2. The second kappa shape index (κ2) is 8.65. The van der Waals surface area contributed by atoms with E-state index in [1.54, 1.807) is 18.5 Å². The lowest BCUT2D eigenvalue weighted by Gasteiger charge is -2.36. The molecule has 4 rings (SSSR count). The smallest absolute Gasteiger partial charge is 0.315 e. The highest BCUT2D eigenvalue weighted by Crippen LogP contribution is 2.41. The number of hydrogen-bond acceptors (Lipinski definition) is 4. The second-order valence-corrected chi connectivity index (χ2v) is 8.31. The predicted octanol–water partition coefficient (Wildman–Crippen LogP) is 1.69. The summed E-state index contributed by atoms with van der Waals surface area (Å²) in [6.07, 6.45) is 5.27. The third-order valence-corrected chi connectivity index (χ3v) is 6.00. The van der Waals surface area contributed by atoms with Crippen LogP contribution in [-0.2, 0) is 9.59 Å². The number of halogens is 2. The summed E-state index contributed by atoms with van der Waals surface area (Å²) in [6, 6.07) is 3.68. The summed E-state index contributed by atoms with van der Waals surface area (Å²) in [4.78, 5) is 36.6. The van der Waals surface area contributed by atoms with Crippen molar-refractivity contribution in [2.45, 2.75) is 44.1 Å². The fourth-order valence-electron chi connectivity index (χ4n) is 3.76. The maximum absolute atomic E-state index is 12.8. The van der Waals surface area contributed by atoms with E-state index in [0.717, 1.165) is 17.9 Å². The molecular weight excluding hydrogens is 392 g/mol. The molecule has 1 aliphatic heterocycles. The minimum absolute atomic E-state index is 0.0453. The predicted molar refractivity (Wildman–Crippen MR) is 107 cm³/mol. The zero-order valence-corrected chi connectivity index (χ0v) is 16.9. The van der Waals surface area contributed by atoms with E-state index in [-0.39, 0.29) is 19.0 Å². The molecule has 162 valence electrons. The Bertz CT molecular complexity index is 801. The first-order valence-electron chi connectivity index (χ1n) is 10.6. The van der Waals surface area contributed by atoms with Gasteiger partial charge in [0.05, 0.1) is 0 Å². The Balaban J connectivity index is 1.48. The summed E-state index contributed by atoms with van der Waals surface area (Å²) in [5, 5.41) is 3.03. The number of pyridine rings is 1. The zero-order chi connectivity index (χ0) is 21.1. The van der Waals surface area contributed by atoms with E-state index in [1.165, 1.54) is 17.7 Å². The van der Waals surface area contributed by atoms with E-state index in [1.807, 2.05) is 11.0 Å². The molecule has 1 saturated heterocycles. The van der Waals surface area contributed by atoms with Crippen molar-refractivity contribution in [2.24, 2.45) is 10.9 Å². The van der Waals surface area contributed by atoms with Crippen LogP contribution in [-0.4, -0.2) is 77.1 Å². The fourth-order valence-corrected chi connectivity index (χ4v) is 3.76. The molecule has 0 unspecified atom stereocenters. The van der Waals surface area contributed by atoms with Crippen LogP contribution in [0.1, 0.15) is 37.7 Å². The van der Waals surface area contributed by atoms with Gasteiger partial charge in [0.2, 0.25) is 5.91 Å². The number of piperazine rings is 1. The molecule has 9 heteroatoms. The first-order chi connectivity index (χ1) is 14.5. The van der Waals surface area contributed by atoms with E-state index < -0.39 is 17.9 Å². The molecular formula is C21H27F2N5O2. The lowest BCUT2D eigenvalue weighted by Crippen LogP contribution is -2.52. The Hall–Kier alpha value is -2.58. The van der Waals surface area contributed by atoms with Gasteiger partial charge in [-0.2, -0.15) is 8.78 Å². The number of hydrogen-bond donors (Lipinski definition) is 1. The maximum Gasteiger partial charge on any atom is 0.315 e. The van der Waals surface area contributed by atoms with Crippen molar-refractivity contribution in [3.8, 4) is 0 Å². The number of rotatable bonds is 7. The highest BCUT2D eigenvalue weighted by molar-refractivity contribution is 6.02. The van der Waals surface area contributed by atoms with Gasteiger partial charge < -0.3 is 15.1 Å². The third kappa shape index (κ3) is 4.76. The van der Waals surface area contributed by atoms with Crippen LogP contribution in [0, 0.1) is 5.92 Å². The number of carbonyl (C=O) groups is 2. The molecule has 3 aliphatic rings. The molecule has 1 aromatic heterocycles. The minimum Gasteiger partial charge on any atom is -0.354 e. The van der Waals surface area contributed by atoms with Crippen LogP contribution in [0.2, 0.25) is 0 Å². The summed E-state index contributed by atoms with van der Waals surface area (Å²) in [5.74, 6) is 0.212. The maximum atomic E-state index is 12.8. The molecule has 2 heterocycles. The Labute approximate surface area is 174 Å². The molecule has 0 atom stereocenters. The van der Waals surface area contributed by atoms with Gasteiger partial charge in [-0.15, -0.1) is 0 Å². The van der Waals surface area contributed by atoms with Crippen molar-refractivity contribution in [3.05, 3.63) is 30.1 Å². The van der Waals surface area contributed by atoms with E-state index >= 15 is 0 Å². The molecule has 0 spiro atoms. The third-order valence-electron chi connectivity index (χ3n) is 6.00. The number of alkyl halides is 2. The first-order valence-corrected chi connectivity index (χ1v) is 10.6. The van der Waals surface area contributed by atoms with Crippen molar-refractivity contribution in [3.63, 3.8) is 0 Å². The summed E-state index contributed by atoms with van der Waals surface area (Å²) in [6.45, 7) is 1.83. The largest absolute Gasteiger partial charge is 0.354 e. The Morgan fingerprint density at radius 3 is 2.47 bits per heavy atom. The highest BCUT2D eigenvalue weighted by Gasteiger charge is 2.51. The van der Waals surface area contributed by atoms with Crippen LogP contribution in [0.4, 0.5) is 8.78 Å². The molecule has 7 nitrogen and oxygen atoms in total. The Kier molecular flexibility index (Phi) is 5.97. The number of aliphatic imine (C=N–C) groups is 1. The van der Waals surface area contributed by atoms with Gasteiger partial charge in [-0.25, -0.2) is 0 Å². The molecule has 2 amide bonds. The standard InChI is InChI=1S/C21H27F2N5O2/c22-17(23)19(29)28-12-10-27(11-13-28)18(16-2-1-8-24-14-16)26-21(6-7-21)20(30)25-9-5-15-3-4-15/h1-2,8,14-15,17H,3-7,9-13H2,(H,25,30). The van der Waals surface area contributed by atoms with Crippen molar-refractivity contribution < 1.29 is 18.4 Å². The fraction of sp³-hybridized carbons (Fsp3) is 0.619. The van der Waals surface area contributed by atoms with Gasteiger partial charge in [-0.1, -0.05) is 12.8 Å². The number of nitrogens with one attached hydrogen (secondary N) is 1. The molecule has 0 aromatic carbocycles. The van der Waals surface area contributed by atoms with Gasteiger partial charge in [0.1, 0.15) is 11.4 Å². The number of carbonyl (C=O) groups excluding carboxylic acids is 2. The topological polar surface area (TPSA) is 77.9 Å². The molecule has 1 N–H and O–H groups in total. The molecule has 1 aromatic rings. The summed E-state index contributed by atoms with van der Waals surface area (Å²) in [7, 11) is 0. The van der Waals surface area contributed by atoms with Crippen molar-refractivity contribution >= 4 is 17.6 Å². The van der Waals surface area contributed by atoms with Crippen LogP contribution in [0.25, 0.3) is 0 Å². The average molecular weight is 419 g/mol. The summed E-state index contributed by atoms with van der Waals surface area (Å²) in [5.41, 5.74) is 0.0215. The Morgan fingerprint density at radius 1 is 1.20 bits per heavy atom. The van der Waals surface area contributed by atoms with Gasteiger partial charge in [0.15, 0.2) is 0 Å². The van der Waals surface area contributed by atoms with E-state index in [0.29, 0.717) is 38.3 Å². The molecule has 3 fully saturated rings. The van der Waals surface area contributed by atoms with Crippen LogP contribution in [0.15, 0.2) is 29.5 Å². The highest BCUT2D eigenvalue weighted by atomic mass is 19.3. The molecule has 30 heavy (non-hydrogen) atoms. The average Bonchev–Trinajstić information content (AvgIpc) is 3.68. The van der Waals surface area contributed by atoms with Crippen LogP contribution in [0.3, 0.4) is 0 Å². The molecule has 2 aliphatic carbocycles. The van der Waals surface area contributed by atoms with Crippen LogP contribution < -0.4 is 5.32 Å². The van der Waals surface area contributed by atoms with Crippen LogP contribution >= 0.6 is 0 Å². The minimum atomic E-state index is -2.99.